The molecule has 0 spiro atoms. The van der Waals surface area contributed by atoms with Crippen LogP contribution in [0.25, 0.3) is 0 Å². The highest BCUT2D eigenvalue weighted by molar-refractivity contribution is 5.86. The van der Waals surface area contributed by atoms with Crippen LogP contribution in [0.15, 0.2) is 0 Å². The van der Waals surface area contributed by atoms with Crippen LogP contribution in [0.5, 0.6) is 0 Å². The molecule has 17 heavy (non-hydrogen) atoms. The standard InChI is InChI=1S/C13H24N2O2/c1-2-11-4-3-7-15(10-11)12(16)13(14)5-8-17-9-6-13/h11H,2-10,14H2,1H3. The number of hydrogen-bond donors (Lipinski definition) is 1. The van der Waals surface area contributed by atoms with Gasteiger partial charge >= 0.3 is 0 Å². The number of carbonyl (C=O) groups is 1. The van der Waals surface area contributed by atoms with E-state index in [1.165, 1.54) is 6.42 Å². The fourth-order valence-electron chi connectivity index (χ4n) is 2.85. The number of likely N-dealkylation sites (tertiary alicyclic amines) is 1. The van der Waals surface area contributed by atoms with Gasteiger partial charge in [-0.05, 0) is 31.6 Å². The molecule has 1 atom stereocenters. The molecule has 0 aromatic rings. The molecule has 2 aliphatic heterocycles. The quantitative estimate of drug-likeness (QED) is 0.787. The van der Waals surface area contributed by atoms with Crippen molar-refractivity contribution < 1.29 is 9.53 Å². The van der Waals surface area contributed by atoms with Crippen LogP contribution in [0.1, 0.15) is 39.0 Å². The van der Waals surface area contributed by atoms with Gasteiger partial charge in [0.1, 0.15) is 0 Å². The van der Waals surface area contributed by atoms with E-state index < -0.39 is 5.54 Å². The maximum Gasteiger partial charge on any atom is 0.242 e. The predicted molar refractivity (Wildman–Crippen MR) is 66.6 cm³/mol. The highest BCUT2D eigenvalue weighted by Gasteiger charge is 2.39. The summed E-state index contributed by atoms with van der Waals surface area (Å²) in [5.41, 5.74) is 5.59. The first-order valence-corrected chi connectivity index (χ1v) is 6.82. The number of rotatable bonds is 2. The first kappa shape index (κ1) is 12.8. The molecule has 4 nitrogen and oxygen atoms in total. The van der Waals surface area contributed by atoms with Crippen LogP contribution >= 0.6 is 0 Å². The fraction of sp³-hybridized carbons (Fsp3) is 0.923. The van der Waals surface area contributed by atoms with Crippen molar-refractivity contribution in [1.82, 2.24) is 4.90 Å². The second-order valence-electron chi connectivity index (χ2n) is 5.44. The van der Waals surface area contributed by atoms with Crippen molar-refractivity contribution in [2.24, 2.45) is 11.7 Å². The number of carbonyl (C=O) groups excluding carboxylic acids is 1. The van der Waals surface area contributed by atoms with E-state index in [0.29, 0.717) is 32.0 Å². The lowest BCUT2D eigenvalue weighted by Crippen LogP contribution is -2.59. The molecule has 0 saturated carbocycles. The van der Waals surface area contributed by atoms with Crippen LogP contribution in [0.3, 0.4) is 0 Å². The third-order valence-electron chi connectivity index (χ3n) is 4.19. The van der Waals surface area contributed by atoms with Gasteiger partial charge in [-0.3, -0.25) is 4.79 Å². The third kappa shape index (κ3) is 2.80. The van der Waals surface area contributed by atoms with Crippen LogP contribution in [0.4, 0.5) is 0 Å². The molecule has 1 amide bonds. The van der Waals surface area contributed by atoms with Gasteiger partial charge in [0.05, 0.1) is 5.54 Å². The average molecular weight is 240 g/mol. The van der Waals surface area contributed by atoms with Crippen LogP contribution in [-0.2, 0) is 9.53 Å². The second-order valence-corrected chi connectivity index (χ2v) is 5.44. The molecule has 2 saturated heterocycles. The Hall–Kier alpha value is -0.610. The Morgan fingerprint density at radius 2 is 2.18 bits per heavy atom. The van der Waals surface area contributed by atoms with Crippen molar-refractivity contribution in [3.8, 4) is 0 Å². The highest BCUT2D eigenvalue weighted by Crippen LogP contribution is 2.25. The zero-order chi connectivity index (χ0) is 12.3. The maximum absolute atomic E-state index is 12.5. The second kappa shape index (κ2) is 5.36. The SMILES string of the molecule is CCC1CCCN(C(=O)C2(N)CCOCC2)C1. The third-order valence-corrected chi connectivity index (χ3v) is 4.19. The molecule has 1 unspecified atom stereocenters. The minimum atomic E-state index is -0.659. The summed E-state index contributed by atoms with van der Waals surface area (Å²) in [6, 6.07) is 0. The van der Waals surface area contributed by atoms with Crippen LogP contribution in [0, 0.1) is 5.92 Å². The number of ether oxygens (including phenoxy) is 1. The van der Waals surface area contributed by atoms with Crippen molar-refractivity contribution in [1.29, 1.82) is 0 Å². The maximum atomic E-state index is 12.5. The van der Waals surface area contributed by atoms with Crippen LogP contribution in [-0.4, -0.2) is 42.6 Å². The van der Waals surface area contributed by atoms with Crippen molar-refractivity contribution >= 4 is 5.91 Å². The summed E-state index contributed by atoms with van der Waals surface area (Å²) in [7, 11) is 0. The zero-order valence-electron chi connectivity index (χ0n) is 10.8. The Morgan fingerprint density at radius 1 is 1.47 bits per heavy atom. The fourth-order valence-corrected chi connectivity index (χ4v) is 2.85. The Balaban J connectivity index is 1.98. The number of nitrogens with two attached hydrogens (primary N) is 1. The van der Waals surface area contributed by atoms with E-state index in [1.807, 2.05) is 4.90 Å². The minimum Gasteiger partial charge on any atom is -0.381 e. The van der Waals surface area contributed by atoms with Crippen LogP contribution in [0.2, 0.25) is 0 Å². The Kier molecular flexibility index (Phi) is 4.05. The molecular weight excluding hydrogens is 216 g/mol. The molecule has 0 aromatic carbocycles. The average Bonchev–Trinajstić information content (AvgIpc) is 2.39. The largest absolute Gasteiger partial charge is 0.381 e. The lowest BCUT2D eigenvalue weighted by atomic mass is 9.87. The van der Waals surface area contributed by atoms with E-state index in [2.05, 4.69) is 6.92 Å². The summed E-state index contributed by atoms with van der Waals surface area (Å²) in [4.78, 5) is 14.5. The number of nitrogens with zero attached hydrogens (tertiary/aromatic N) is 1. The molecule has 0 aliphatic carbocycles. The van der Waals surface area contributed by atoms with Gasteiger partial charge in [-0.25, -0.2) is 0 Å². The van der Waals surface area contributed by atoms with Crippen molar-refractivity contribution in [2.75, 3.05) is 26.3 Å². The number of amides is 1. The van der Waals surface area contributed by atoms with E-state index in [4.69, 9.17) is 10.5 Å². The molecule has 2 heterocycles. The molecule has 2 aliphatic rings. The van der Waals surface area contributed by atoms with Gasteiger partial charge in [-0.15, -0.1) is 0 Å². The van der Waals surface area contributed by atoms with E-state index >= 15 is 0 Å². The van der Waals surface area contributed by atoms with Crippen molar-refractivity contribution in [3.63, 3.8) is 0 Å². The summed E-state index contributed by atoms with van der Waals surface area (Å²) >= 11 is 0. The molecule has 0 aromatic heterocycles. The lowest BCUT2D eigenvalue weighted by Gasteiger charge is -2.40. The van der Waals surface area contributed by atoms with Gasteiger partial charge < -0.3 is 15.4 Å². The van der Waals surface area contributed by atoms with Crippen molar-refractivity contribution in [2.45, 2.75) is 44.6 Å². The number of hydrogen-bond acceptors (Lipinski definition) is 3. The van der Waals surface area contributed by atoms with E-state index in [1.54, 1.807) is 0 Å². The Morgan fingerprint density at radius 3 is 2.82 bits per heavy atom. The van der Waals surface area contributed by atoms with E-state index in [9.17, 15) is 4.79 Å². The lowest BCUT2D eigenvalue weighted by molar-refractivity contribution is -0.142. The molecule has 98 valence electrons. The van der Waals surface area contributed by atoms with Crippen LogP contribution < -0.4 is 5.73 Å². The predicted octanol–water partition coefficient (Wildman–Crippen LogP) is 1.14. The molecule has 4 heteroatoms. The van der Waals surface area contributed by atoms with Gasteiger partial charge in [0, 0.05) is 26.3 Å². The molecule has 2 fully saturated rings. The van der Waals surface area contributed by atoms with Gasteiger partial charge in [0.25, 0.3) is 0 Å². The number of piperidine rings is 1. The summed E-state index contributed by atoms with van der Waals surface area (Å²) in [6.45, 7) is 5.22. The molecule has 0 radical (unpaired) electrons. The Labute approximate surface area is 103 Å². The minimum absolute atomic E-state index is 0.152. The topological polar surface area (TPSA) is 55.6 Å². The Bertz CT molecular complexity index is 275. The zero-order valence-corrected chi connectivity index (χ0v) is 10.8. The van der Waals surface area contributed by atoms with E-state index in [-0.39, 0.29) is 5.91 Å². The molecule has 2 N–H and O–H groups in total. The normalized spacial score (nSPS) is 29.1. The highest BCUT2D eigenvalue weighted by atomic mass is 16.5. The smallest absolute Gasteiger partial charge is 0.242 e. The summed E-state index contributed by atoms with van der Waals surface area (Å²) in [5.74, 6) is 0.815. The first-order valence-electron chi connectivity index (χ1n) is 6.82. The summed E-state index contributed by atoms with van der Waals surface area (Å²) in [5, 5.41) is 0. The molecule has 2 rings (SSSR count). The molecular formula is C13H24N2O2. The van der Waals surface area contributed by atoms with Gasteiger partial charge in [-0.2, -0.15) is 0 Å². The van der Waals surface area contributed by atoms with E-state index in [0.717, 1.165) is 25.9 Å². The molecule has 0 bridgehead atoms. The summed E-state index contributed by atoms with van der Waals surface area (Å²) < 4.78 is 5.29. The van der Waals surface area contributed by atoms with Gasteiger partial charge in [0.2, 0.25) is 5.91 Å². The van der Waals surface area contributed by atoms with Gasteiger partial charge in [0.15, 0.2) is 0 Å². The van der Waals surface area contributed by atoms with Gasteiger partial charge in [-0.1, -0.05) is 13.3 Å². The first-order chi connectivity index (χ1) is 8.15. The monoisotopic (exact) mass is 240 g/mol. The van der Waals surface area contributed by atoms with Crippen molar-refractivity contribution in [3.05, 3.63) is 0 Å². The summed E-state index contributed by atoms with van der Waals surface area (Å²) in [6.07, 6.45) is 4.86.